The normalized spacial score (nSPS) is 11.2. The number of rotatable bonds is 7. The summed E-state index contributed by atoms with van der Waals surface area (Å²) in [5.74, 6) is 0. The van der Waals surface area contributed by atoms with Gasteiger partial charge in [-0.25, -0.2) is 0 Å². The van der Waals surface area contributed by atoms with Gasteiger partial charge in [0.15, 0.2) is 0 Å². The van der Waals surface area contributed by atoms with Crippen molar-refractivity contribution in [2.75, 3.05) is 4.90 Å². The lowest BCUT2D eigenvalue weighted by Crippen LogP contribution is -2.34. The molecule has 1 unspecified atom stereocenters. The summed E-state index contributed by atoms with van der Waals surface area (Å²) in [4.78, 5) is 11.1. The van der Waals surface area contributed by atoms with Crippen molar-refractivity contribution < 1.29 is 4.79 Å². The van der Waals surface area contributed by atoms with Gasteiger partial charge in [-0.3, -0.25) is 0 Å². The van der Waals surface area contributed by atoms with E-state index < -0.39 is 0 Å². The molecule has 0 aliphatic rings. The Hall–Kier alpha value is -1.73. The van der Waals surface area contributed by atoms with E-state index in [9.17, 15) is 0 Å². The molecule has 6 heteroatoms. The average molecular weight is 526 g/mol. The van der Waals surface area contributed by atoms with E-state index in [-0.39, 0.29) is 0 Å². The maximum atomic E-state index is 9.11. The molecule has 2 aromatic carbocycles. The average Bonchev–Trinajstić information content (AvgIpc) is 2.78. The quantitative estimate of drug-likeness (QED) is 0.338. The van der Waals surface area contributed by atoms with Crippen LogP contribution in [0.1, 0.15) is 85.3 Å². The minimum absolute atomic E-state index is 0.351. The van der Waals surface area contributed by atoms with Gasteiger partial charge in [-0.1, -0.05) is 89.2 Å². The van der Waals surface area contributed by atoms with Crippen LogP contribution in [0.15, 0.2) is 36.4 Å². The SMILES string of the molecule is CC=O.CCC(C)(C)C.CCCC(CC)N(Cc1cc(Cl)ccc1Cl)c1ccc(C#N)c(Cl)c1. The van der Waals surface area contributed by atoms with Crippen molar-refractivity contribution in [2.45, 2.75) is 86.7 Å². The number of carbonyl (C=O) groups is 1. The maximum Gasteiger partial charge on any atom is 0.116 e. The van der Waals surface area contributed by atoms with E-state index in [1.54, 1.807) is 12.1 Å². The molecule has 0 aliphatic heterocycles. The molecule has 3 nitrogen and oxygen atoms in total. The van der Waals surface area contributed by atoms with E-state index in [2.05, 4.69) is 52.5 Å². The van der Waals surface area contributed by atoms with Gasteiger partial charge in [0.2, 0.25) is 0 Å². The lowest BCUT2D eigenvalue weighted by molar-refractivity contribution is -0.106. The summed E-state index contributed by atoms with van der Waals surface area (Å²) < 4.78 is 0. The van der Waals surface area contributed by atoms with Crippen molar-refractivity contribution in [3.05, 3.63) is 62.6 Å². The van der Waals surface area contributed by atoms with Crippen molar-refractivity contribution in [3.8, 4) is 6.07 Å². The highest BCUT2D eigenvalue weighted by molar-refractivity contribution is 6.33. The Balaban J connectivity index is 0.00000103. The summed E-state index contributed by atoms with van der Waals surface area (Å²) in [6.07, 6.45) is 5.17. The van der Waals surface area contributed by atoms with Gasteiger partial charge in [0, 0.05) is 28.3 Å². The van der Waals surface area contributed by atoms with Crippen LogP contribution in [0.25, 0.3) is 0 Å². The standard InChI is InChI=1S/C20H21Cl3N2.C6H14.C2H4O/c1-3-5-17(4-2)25(13-15-10-16(21)7-9-19(15)22)18-8-6-14(12-24)20(23)11-18;1-5-6(2,3)4;1-2-3/h6-11,17H,3-5,13H2,1-2H3;5H2,1-4H3;2H,1H3. The number of carbonyl (C=O) groups excluding carboxylic acids is 1. The molecule has 34 heavy (non-hydrogen) atoms. The molecule has 188 valence electrons. The molecule has 0 saturated carbocycles. The van der Waals surface area contributed by atoms with Gasteiger partial charge >= 0.3 is 0 Å². The first-order valence-corrected chi connectivity index (χ1v) is 12.9. The van der Waals surface area contributed by atoms with Crippen molar-refractivity contribution >= 4 is 46.8 Å². The third kappa shape index (κ3) is 12.1. The van der Waals surface area contributed by atoms with Crippen molar-refractivity contribution in [2.24, 2.45) is 5.41 Å². The van der Waals surface area contributed by atoms with Crippen LogP contribution in [0.4, 0.5) is 5.69 Å². The van der Waals surface area contributed by atoms with Crippen LogP contribution in [0.3, 0.4) is 0 Å². The van der Waals surface area contributed by atoms with Crippen molar-refractivity contribution in [3.63, 3.8) is 0 Å². The third-order valence-corrected chi connectivity index (χ3v) is 6.26. The lowest BCUT2D eigenvalue weighted by Gasteiger charge is -2.34. The fourth-order valence-corrected chi connectivity index (χ4v) is 3.56. The van der Waals surface area contributed by atoms with E-state index >= 15 is 0 Å². The Kier molecular flexibility index (Phi) is 16.0. The van der Waals surface area contributed by atoms with Gasteiger partial charge in [-0.2, -0.15) is 5.26 Å². The smallest absolute Gasteiger partial charge is 0.116 e. The molecule has 0 aliphatic carbocycles. The number of benzene rings is 2. The molecule has 0 N–H and O–H groups in total. The van der Waals surface area contributed by atoms with E-state index in [1.165, 1.54) is 13.3 Å². The first-order valence-electron chi connectivity index (χ1n) is 11.8. The summed E-state index contributed by atoms with van der Waals surface area (Å²) in [6, 6.07) is 13.5. The Labute approximate surface area is 222 Å². The topological polar surface area (TPSA) is 44.1 Å². The third-order valence-electron chi connectivity index (χ3n) is 5.35. The summed E-state index contributed by atoms with van der Waals surface area (Å²) in [6.45, 7) is 15.4. The van der Waals surface area contributed by atoms with E-state index in [0.29, 0.717) is 38.6 Å². The minimum atomic E-state index is 0.351. The fourth-order valence-electron chi connectivity index (χ4n) is 2.97. The number of hydrogen-bond acceptors (Lipinski definition) is 3. The number of nitriles is 1. The van der Waals surface area contributed by atoms with Crippen LogP contribution in [-0.2, 0) is 11.3 Å². The molecular formula is C28H39Cl3N2O. The summed E-state index contributed by atoms with van der Waals surface area (Å²) >= 11 is 18.8. The van der Waals surface area contributed by atoms with Gasteiger partial charge in [-0.15, -0.1) is 0 Å². The zero-order chi connectivity index (χ0) is 26.3. The van der Waals surface area contributed by atoms with Crippen LogP contribution >= 0.6 is 34.8 Å². The van der Waals surface area contributed by atoms with Gasteiger partial charge in [0.25, 0.3) is 0 Å². The molecule has 0 saturated heterocycles. The number of anilines is 1. The molecular weight excluding hydrogens is 487 g/mol. The monoisotopic (exact) mass is 524 g/mol. The summed E-state index contributed by atoms with van der Waals surface area (Å²) in [5, 5.41) is 10.9. The fraction of sp³-hybridized carbons (Fsp3) is 0.500. The predicted octanol–water partition coefficient (Wildman–Crippen LogP) is 9.75. The zero-order valence-corrected chi connectivity index (χ0v) is 23.9. The lowest BCUT2D eigenvalue weighted by atomic mass is 9.94. The van der Waals surface area contributed by atoms with E-state index in [1.807, 2.05) is 24.3 Å². The van der Waals surface area contributed by atoms with Crippen LogP contribution in [0.2, 0.25) is 15.1 Å². The van der Waals surface area contributed by atoms with Crippen LogP contribution in [0, 0.1) is 16.7 Å². The molecule has 0 aromatic heterocycles. The Morgan fingerprint density at radius 1 is 1.03 bits per heavy atom. The summed E-state index contributed by atoms with van der Waals surface area (Å²) in [5.41, 5.74) is 2.99. The van der Waals surface area contributed by atoms with Gasteiger partial charge in [-0.05, 0) is 67.1 Å². The molecule has 1 atom stereocenters. The molecule has 0 fully saturated rings. The molecule has 0 radical (unpaired) electrons. The van der Waals surface area contributed by atoms with Crippen molar-refractivity contribution in [1.29, 1.82) is 5.26 Å². The van der Waals surface area contributed by atoms with E-state index in [0.717, 1.165) is 36.8 Å². The first-order chi connectivity index (χ1) is 16.0. The maximum absolute atomic E-state index is 9.11. The van der Waals surface area contributed by atoms with Crippen molar-refractivity contribution in [1.82, 2.24) is 0 Å². The Morgan fingerprint density at radius 2 is 1.62 bits per heavy atom. The largest absolute Gasteiger partial charge is 0.364 e. The molecule has 0 heterocycles. The number of aldehydes is 1. The second-order valence-corrected chi connectivity index (χ2v) is 10.4. The molecule has 0 bridgehead atoms. The second kappa shape index (κ2) is 16.8. The number of halogens is 3. The number of nitrogens with zero attached hydrogens (tertiary/aromatic N) is 2. The highest BCUT2D eigenvalue weighted by Crippen LogP contribution is 2.31. The molecule has 0 amide bonds. The van der Waals surface area contributed by atoms with Crippen LogP contribution < -0.4 is 4.90 Å². The Bertz CT molecular complexity index is 917. The molecule has 0 spiro atoms. The van der Waals surface area contributed by atoms with E-state index in [4.69, 9.17) is 44.9 Å². The second-order valence-electron chi connectivity index (χ2n) is 9.14. The van der Waals surface area contributed by atoms with Crippen LogP contribution in [-0.4, -0.2) is 12.3 Å². The van der Waals surface area contributed by atoms with Gasteiger partial charge in [0.1, 0.15) is 12.4 Å². The van der Waals surface area contributed by atoms with Gasteiger partial charge in [0.05, 0.1) is 10.6 Å². The van der Waals surface area contributed by atoms with Crippen LogP contribution in [0.5, 0.6) is 0 Å². The molecule has 2 aromatic rings. The van der Waals surface area contributed by atoms with Gasteiger partial charge < -0.3 is 9.69 Å². The minimum Gasteiger partial charge on any atom is -0.364 e. The number of hydrogen-bond donors (Lipinski definition) is 0. The zero-order valence-electron chi connectivity index (χ0n) is 21.6. The first kappa shape index (κ1) is 32.3. The molecule has 2 rings (SSSR count). The Morgan fingerprint density at radius 3 is 2.06 bits per heavy atom. The summed E-state index contributed by atoms with van der Waals surface area (Å²) in [7, 11) is 0. The highest BCUT2D eigenvalue weighted by Gasteiger charge is 2.19. The predicted molar refractivity (Wildman–Crippen MR) is 149 cm³/mol. The highest BCUT2D eigenvalue weighted by atomic mass is 35.5.